The highest BCUT2D eigenvalue weighted by molar-refractivity contribution is 6.13. The molecule has 0 unspecified atom stereocenters. The van der Waals surface area contributed by atoms with Gasteiger partial charge in [-0.3, -0.25) is 14.6 Å². The number of halogens is 1. The van der Waals surface area contributed by atoms with E-state index in [2.05, 4.69) is 10.3 Å². The fourth-order valence-corrected chi connectivity index (χ4v) is 3.29. The number of benzene rings is 2. The standard InChI is InChI=1S/C22H18FN3O2/c1-14-8-9-16(11-19(14)23)25-21(27)18-7-4-5-15-12-26(22(28)20(15)18)13-17-6-2-3-10-24-17/h2-11H,12-13H2,1H3,(H,25,27). The third kappa shape index (κ3) is 3.36. The fourth-order valence-electron chi connectivity index (χ4n) is 3.29. The van der Waals surface area contributed by atoms with E-state index < -0.39 is 11.7 Å². The van der Waals surface area contributed by atoms with Crippen molar-refractivity contribution in [1.82, 2.24) is 9.88 Å². The van der Waals surface area contributed by atoms with Crippen molar-refractivity contribution in [2.24, 2.45) is 0 Å². The molecule has 2 aromatic carbocycles. The summed E-state index contributed by atoms with van der Waals surface area (Å²) in [6, 6.07) is 15.3. The predicted octanol–water partition coefficient (Wildman–Crippen LogP) is 3.94. The molecule has 28 heavy (non-hydrogen) atoms. The van der Waals surface area contributed by atoms with Gasteiger partial charge in [0.15, 0.2) is 0 Å². The van der Waals surface area contributed by atoms with Crippen molar-refractivity contribution >= 4 is 17.5 Å². The minimum atomic E-state index is -0.437. The van der Waals surface area contributed by atoms with Crippen molar-refractivity contribution in [2.75, 3.05) is 5.32 Å². The number of aryl methyl sites for hydroxylation is 1. The molecule has 0 radical (unpaired) electrons. The molecular formula is C22H18FN3O2. The van der Waals surface area contributed by atoms with Gasteiger partial charge in [-0.2, -0.15) is 0 Å². The lowest BCUT2D eigenvalue weighted by Crippen LogP contribution is -2.25. The van der Waals surface area contributed by atoms with E-state index in [-0.39, 0.29) is 11.5 Å². The SMILES string of the molecule is Cc1ccc(NC(=O)c2cccc3c2C(=O)N(Cc2ccccn2)C3)cc1F. The lowest BCUT2D eigenvalue weighted by Gasteiger charge is -2.15. The first-order valence-corrected chi connectivity index (χ1v) is 8.91. The second-order valence-corrected chi connectivity index (χ2v) is 6.74. The Bertz CT molecular complexity index is 1070. The van der Waals surface area contributed by atoms with Crippen LogP contribution in [0.3, 0.4) is 0 Å². The number of anilines is 1. The Balaban J connectivity index is 1.58. The van der Waals surface area contributed by atoms with Crippen molar-refractivity contribution in [3.8, 4) is 0 Å². The van der Waals surface area contributed by atoms with Gasteiger partial charge in [-0.15, -0.1) is 0 Å². The summed E-state index contributed by atoms with van der Waals surface area (Å²) >= 11 is 0. The maximum absolute atomic E-state index is 13.8. The molecule has 0 spiro atoms. The lowest BCUT2D eigenvalue weighted by molar-refractivity contribution is 0.0761. The molecule has 6 heteroatoms. The minimum absolute atomic E-state index is 0.207. The van der Waals surface area contributed by atoms with E-state index in [0.29, 0.717) is 29.9 Å². The van der Waals surface area contributed by atoms with Crippen LogP contribution in [-0.4, -0.2) is 21.7 Å². The Kier molecular flexibility index (Phi) is 4.61. The summed E-state index contributed by atoms with van der Waals surface area (Å²) < 4.78 is 13.8. The van der Waals surface area contributed by atoms with E-state index in [9.17, 15) is 14.0 Å². The molecule has 0 atom stereocenters. The summed E-state index contributed by atoms with van der Waals surface area (Å²) in [5, 5.41) is 2.68. The Hall–Kier alpha value is -3.54. The van der Waals surface area contributed by atoms with E-state index in [1.807, 2.05) is 24.3 Å². The van der Waals surface area contributed by atoms with E-state index in [4.69, 9.17) is 0 Å². The molecule has 1 aromatic heterocycles. The molecule has 0 bridgehead atoms. The number of carbonyl (C=O) groups excluding carboxylic acids is 2. The fraction of sp³-hybridized carbons (Fsp3) is 0.136. The van der Waals surface area contributed by atoms with E-state index >= 15 is 0 Å². The van der Waals surface area contributed by atoms with E-state index in [0.717, 1.165) is 11.3 Å². The van der Waals surface area contributed by atoms with Crippen molar-refractivity contribution in [1.29, 1.82) is 0 Å². The second kappa shape index (κ2) is 7.23. The molecule has 140 valence electrons. The number of aromatic nitrogens is 1. The van der Waals surface area contributed by atoms with Gasteiger partial charge in [-0.1, -0.05) is 24.3 Å². The first-order valence-electron chi connectivity index (χ1n) is 8.91. The van der Waals surface area contributed by atoms with Crippen LogP contribution in [0, 0.1) is 12.7 Å². The molecule has 2 amide bonds. The summed E-state index contributed by atoms with van der Waals surface area (Å²) in [4.78, 5) is 31.6. The minimum Gasteiger partial charge on any atom is -0.328 e. The Labute approximate surface area is 161 Å². The molecule has 1 aliphatic rings. The number of nitrogens with one attached hydrogen (secondary N) is 1. The molecule has 0 saturated heterocycles. The zero-order valence-corrected chi connectivity index (χ0v) is 15.3. The highest BCUT2D eigenvalue weighted by Crippen LogP contribution is 2.28. The third-order valence-electron chi connectivity index (χ3n) is 4.77. The van der Waals surface area contributed by atoms with Crippen LogP contribution in [0.25, 0.3) is 0 Å². The highest BCUT2D eigenvalue weighted by atomic mass is 19.1. The zero-order valence-electron chi connectivity index (χ0n) is 15.3. The molecular weight excluding hydrogens is 357 g/mol. The number of carbonyl (C=O) groups is 2. The average molecular weight is 375 g/mol. The van der Waals surface area contributed by atoms with E-state index in [1.165, 1.54) is 6.07 Å². The number of hydrogen-bond acceptors (Lipinski definition) is 3. The first-order chi connectivity index (χ1) is 13.5. The molecule has 1 aliphatic heterocycles. The van der Waals surface area contributed by atoms with Crippen LogP contribution in [0.4, 0.5) is 10.1 Å². The molecule has 0 saturated carbocycles. The van der Waals surface area contributed by atoms with Crippen molar-refractivity contribution in [3.63, 3.8) is 0 Å². The number of amides is 2. The van der Waals surface area contributed by atoms with Crippen molar-refractivity contribution in [2.45, 2.75) is 20.0 Å². The largest absolute Gasteiger partial charge is 0.328 e. The first kappa shape index (κ1) is 17.9. The van der Waals surface area contributed by atoms with Crippen molar-refractivity contribution < 1.29 is 14.0 Å². The van der Waals surface area contributed by atoms with Crippen LogP contribution in [-0.2, 0) is 13.1 Å². The summed E-state index contributed by atoms with van der Waals surface area (Å²) in [5.41, 5.74) is 3.10. The molecule has 0 fully saturated rings. The van der Waals surface area contributed by atoms with Crippen LogP contribution in [0.15, 0.2) is 60.8 Å². The van der Waals surface area contributed by atoms with Crippen LogP contribution in [0.1, 0.15) is 37.5 Å². The van der Waals surface area contributed by atoms with Crippen LogP contribution >= 0.6 is 0 Å². The summed E-state index contributed by atoms with van der Waals surface area (Å²) in [7, 11) is 0. The lowest BCUT2D eigenvalue weighted by atomic mass is 10.0. The summed E-state index contributed by atoms with van der Waals surface area (Å²) in [5.74, 6) is -1.04. The molecule has 3 aromatic rings. The van der Waals surface area contributed by atoms with Gasteiger partial charge in [0.05, 0.1) is 23.4 Å². The Morgan fingerprint density at radius 3 is 2.79 bits per heavy atom. The van der Waals surface area contributed by atoms with Crippen LogP contribution in [0.5, 0.6) is 0 Å². The van der Waals surface area contributed by atoms with Gasteiger partial charge in [0.1, 0.15) is 5.82 Å². The smallest absolute Gasteiger partial charge is 0.256 e. The number of pyridine rings is 1. The normalized spacial score (nSPS) is 12.8. The van der Waals surface area contributed by atoms with E-state index in [1.54, 1.807) is 42.3 Å². The van der Waals surface area contributed by atoms with Gasteiger partial charge < -0.3 is 10.2 Å². The van der Waals surface area contributed by atoms with Gasteiger partial charge in [0.2, 0.25) is 0 Å². The number of fused-ring (bicyclic) bond motifs is 1. The molecule has 5 nitrogen and oxygen atoms in total. The second-order valence-electron chi connectivity index (χ2n) is 6.74. The van der Waals surface area contributed by atoms with Gasteiger partial charge in [-0.25, -0.2) is 4.39 Å². The summed E-state index contributed by atoms with van der Waals surface area (Å²) in [6.45, 7) is 2.45. The number of hydrogen-bond donors (Lipinski definition) is 1. The molecule has 2 heterocycles. The third-order valence-corrected chi connectivity index (χ3v) is 4.77. The topological polar surface area (TPSA) is 62.3 Å². The average Bonchev–Trinajstić information content (AvgIpc) is 3.01. The highest BCUT2D eigenvalue weighted by Gasteiger charge is 2.32. The van der Waals surface area contributed by atoms with Crippen LogP contribution in [0.2, 0.25) is 0 Å². The van der Waals surface area contributed by atoms with Crippen LogP contribution < -0.4 is 5.32 Å². The zero-order chi connectivity index (χ0) is 19.7. The predicted molar refractivity (Wildman–Crippen MR) is 103 cm³/mol. The monoisotopic (exact) mass is 375 g/mol. The Morgan fingerprint density at radius 2 is 2.04 bits per heavy atom. The van der Waals surface area contributed by atoms with Gasteiger partial charge >= 0.3 is 0 Å². The molecule has 1 N–H and O–H groups in total. The number of rotatable bonds is 4. The van der Waals surface area contributed by atoms with Crippen molar-refractivity contribution in [3.05, 3.63) is 94.6 Å². The number of nitrogens with zero attached hydrogens (tertiary/aromatic N) is 2. The quantitative estimate of drug-likeness (QED) is 0.751. The van der Waals surface area contributed by atoms with Gasteiger partial charge in [-0.05, 0) is 48.4 Å². The van der Waals surface area contributed by atoms with Gasteiger partial charge in [0.25, 0.3) is 11.8 Å². The summed E-state index contributed by atoms with van der Waals surface area (Å²) in [6.07, 6.45) is 1.68. The molecule has 4 rings (SSSR count). The Morgan fingerprint density at radius 1 is 1.18 bits per heavy atom. The molecule has 0 aliphatic carbocycles. The maximum atomic E-state index is 13.8. The maximum Gasteiger partial charge on any atom is 0.256 e. The van der Waals surface area contributed by atoms with Gasteiger partial charge in [0, 0.05) is 18.4 Å².